The molecule has 2 aromatic carbocycles. The van der Waals surface area contributed by atoms with Crippen molar-refractivity contribution in [2.75, 3.05) is 18.5 Å². The SMILES string of the molecule is CCCCCCCOc1cccc(NCc2cccc(OCCC(C)C)c2)c1. The number of anilines is 1. The van der Waals surface area contributed by atoms with Crippen LogP contribution in [0.3, 0.4) is 0 Å². The summed E-state index contributed by atoms with van der Waals surface area (Å²) in [5.74, 6) is 2.54. The average molecular weight is 384 g/mol. The van der Waals surface area contributed by atoms with Gasteiger partial charge in [-0.3, -0.25) is 0 Å². The summed E-state index contributed by atoms with van der Waals surface area (Å²) in [5, 5.41) is 3.49. The molecule has 3 nitrogen and oxygen atoms in total. The Morgan fingerprint density at radius 2 is 1.54 bits per heavy atom. The molecular formula is C25H37NO2. The summed E-state index contributed by atoms with van der Waals surface area (Å²) >= 11 is 0. The van der Waals surface area contributed by atoms with Crippen molar-refractivity contribution in [3.05, 3.63) is 54.1 Å². The van der Waals surface area contributed by atoms with Crippen LogP contribution in [0.1, 0.15) is 64.9 Å². The molecule has 0 aliphatic carbocycles. The maximum absolute atomic E-state index is 5.90. The van der Waals surface area contributed by atoms with Crippen molar-refractivity contribution >= 4 is 5.69 Å². The molecule has 0 aromatic heterocycles. The molecule has 2 aromatic rings. The molecule has 2 rings (SSSR count). The minimum atomic E-state index is 0.663. The molecule has 0 saturated carbocycles. The third kappa shape index (κ3) is 9.16. The van der Waals surface area contributed by atoms with E-state index in [1.165, 1.54) is 31.2 Å². The Morgan fingerprint density at radius 3 is 2.32 bits per heavy atom. The molecule has 0 heterocycles. The van der Waals surface area contributed by atoms with Gasteiger partial charge >= 0.3 is 0 Å². The van der Waals surface area contributed by atoms with E-state index >= 15 is 0 Å². The zero-order valence-corrected chi connectivity index (χ0v) is 17.9. The predicted octanol–water partition coefficient (Wildman–Crippen LogP) is 7.07. The minimum Gasteiger partial charge on any atom is -0.494 e. The summed E-state index contributed by atoms with van der Waals surface area (Å²) in [7, 11) is 0. The highest BCUT2D eigenvalue weighted by Gasteiger charge is 2.01. The number of hydrogen-bond donors (Lipinski definition) is 1. The lowest BCUT2D eigenvalue weighted by Crippen LogP contribution is -2.03. The van der Waals surface area contributed by atoms with E-state index in [1.807, 2.05) is 18.2 Å². The normalized spacial score (nSPS) is 10.9. The number of rotatable bonds is 14. The molecular weight excluding hydrogens is 346 g/mol. The van der Waals surface area contributed by atoms with Crippen LogP contribution in [-0.2, 0) is 6.54 Å². The van der Waals surface area contributed by atoms with Crippen LogP contribution in [0.25, 0.3) is 0 Å². The van der Waals surface area contributed by atoms with E-state index in [0.29, 0.717) is 5.92 Å². The van der Waals surface area contributed by atoms with Gasteiger partial charge in [0.15, 0.2) is 0 Å². The van der Waals surface area contributed by atoms with Gasteiger partial charge in [-0.1, -0.05) is 64.7 Å². The van der Waals surface area contributed by atoms with Crippen LogP contribution in [0, 0.1) is 5.92 Å². The zero-order chi connectivity index (χ0) is 20.0. The Labute approximate surface area is 171 Å². The summed E-state index contributed by atoms with van der Waals surface area (Å²) < 4.78 is 11.8. The van der Waals surface area contributed by atoms with Gasteiger partial charge in [-0.15, -0.1) is 0 Å². The van der Waals surface area contributed by atoms with E-state index in [2.05, 4.69) is 56.4 Å². The third-order valence-electron chi connectivity index (χ3n) is 4.71. The van der Waals surface area contributed by atoms with Gasteiger partial charge in [0.2, 0.25) is 0 Å². The van der Waals surface area contributed by atoms with Crippen LogP contribution in [0.4, 0.5) is 5.69 Å². The molecule has 154 valence electrons. The Bertz CT molecular complexity index is 669. The molecule has 0 aliphatic rings. The molecule has 0 aliphatic heterocycles. The molecule has 0 fully saturated rings. The van der Waals surface area contributed by atoms with Crippen molar-refractivity contribution < 1.29 is 9.47 Å². The van der Waals surface area contributed by atoms with E-state index in [0.717, 1.165) is 49.8 Å². The van der Waals surface area contributed by atoms with Gasteiger partial charge in [0, 0.05) is 18.3 Å². The van der Waals surface area contributed by atoms with Crippen LogP contribution in [0.5, 0.6) is 11.5 Å². The molecule has 0 radical (unpaired) electrons. The summed E-state index contributed by atoms with van der Waals surface area (Å²) in [6.45, 7) is 9.00. The molecule has 0 saturated heterocycles. The van der Waals surface area contributed by atoms with Crippen LogP contribution in [0.15, 0.2) is 48.5 Å². The second-order valence-corrected chi connectivity index (χ2v) is 7.82. The first-order chi connectivity index (χ1) is 13.7. The standard InChI is InChI=1S/C25H37NO2/c1-4-5-6-7-8-16-27-25-14-10-12-23(19-25)26-20-22-11-9-13-24(18-22)28-17-15-21(2)3/h9-14,18-19,21,26H,4-8,15-17,20H2,1-3H3. The molecule has 28 heavy (non-hydrogen) atoms. The second kappa shape index (κ2) is 13.1. The van der Waals surface area contributed by atoms with Gasteiger partial charge in [0.05, 0.1) is 13.2 Å². The quantitative estimate of drug-likeness (QED) is 0.354. The monoisotopic (exact) mass is 383 g/mol. The van der Waals surface area contributed by atoms with Gasteiger partial charge in [-0.05, 0) is 48.6 Å². The molecule has 0 spiro atoms. The molecule has 0 amide bonds. The van der Waals surface area contributed by atoms with Crippen molar-refractivity contribution in [2.45, 2.75) is 65.8 Å². The zero-order valence-electron chi connectivity index (χ0n) is 17.9. The van der Waals surface area contributed by atoms with Gasteiger partial charge in [-0.2, -0.15) is 0 Å². The molecule has 0 unspecified atom stereocenters. The Kier molecular flexibility index (Phi) is 10.3. The first-order valence-electron chi connectivity index (χ1n) is 10.9. The first-order valence-corrected chi connectivity index (χ1v) is 10.9. The lowest BCUT2D eigenvalue weighted by Gasteiger charge is -2.12. The lowest BCUT2D eigenvalue weighted by atomic mass is 10.1. The fraction of sp³-hybridized carbons (Fsp3) is 0.520. The second-order valence-electron chi connectivity index (χ2n) is 7.82. The Balaban J connectivity index is 1.76. The highest BCUT2D eigenvalue weighted by Crippen LogP contribution is 2.20. The van der Waals surface area contributed by atoms with Crippen molar-refractivity contribution in [1.29, 1.82) is 0 Å². The first kappa shape index (κ1) is 22.1. The fourth-order valence-corrected chi connectivity index (χ4v) is 2.95. The molecule has 1 N–H and O–H groups in total. The van der Waals surface area contributed by atoms with Crippen LogP contribution < -0.4 is 14.8 Å². The maximum Gasteiger partial charge on any atom is 0.121 e. The van der Waals surface area contributed by atoms with Crippen molar-refractivity contribution in [3.8, 4) is 11.5 Å². The predicted molar refractivity (Wildman–Crippen MR) is 119 cm³/mol. The van der Waals surface area contributed by atoms with Gasteiger partial charge in [0.1, 0.15) is 11.5 Å². The largest absolute Gasteiger partial charge is 0.494 e. The molecule has 0 atom stereocenters. The van der Waals surface area contributed by atoms with Crippen molar-refractivity contribution in [3.63, 3.8) is 0 Å². The highest BCUT2D eigenvalue weighted by atomic mass is 16.5. The van der Waals surface area contributed by atoms with Gasteiger partial charge in [0.25, 0.3) is 0 Å². The average Bonchev–Trinajstić information content (AvgIpc) is 2.69. The van der Waals surface area contributed by atoms with E-state index in [4.69, 9.17) is 9.47 Å². The number of benzene rings is 2. The van der Waals surface area contributed by atoms with E-state index in [-0.39, 0.29) is 0 Å². The van der Waals surface area contributed by atoms with Crippen LogP contribution in [-0.4, -0.2) is 13.2 Å². The number of ether oxygens (including phenoxy) is 2. The summed E-state index contributed by atoms with van der Waals surface area (Å²) in [5.41, 5.74) is 2.29. The maximum atomic E-state index is 5.90. The Morgan fingerprint density at radius 1 is 0.821 bits per heavy atom. The van der Waals surface area contributed by atoms with E-state index < -0.39 is 0 Å². The summed E-state index contributed by atoms with van der Waals surface area (Å²) in [6, 6.07) is 16.5. The lowest BCUT2D eigenvalue weighted by molar-refractivity contribution is 0.289. The topological polar surface area (TPSA) is 30.5 Å². The minimum absolute atomic E-state index is 0.663. The van der Waals surface area contributed by atoms with Crippen LogP contribution >= 0.6 is 0 Å². The van der Waals surface area contributed by atoms with E-state index in [1.54, 1.807) is 0 Å². The fourth-order valence-electron chi connectivity index (χ4n) is 2.95. The van der Waals surface area contributed by atoms with Crippen molar-refractivity contribution in [2.24, 2.45) is 5.92 Å². The van der Waals surface area contributed by atoms with E-state index in [9.17, 15) is 0 Å². The highest BCUT2D eigenvalue weighted by molar-refractivity contribution is 5.48. The number of nitrogens with one attached hydrogen (secondary N) is 1. The van der Waals surface area contributed by atoms with Crippen molar-refractivity contribution in [1.82, 2.24) is 0 Å². The summed E-state index contributed by atoms with van der Waals surface area (Å²) in [4.78, 5) is 0. The molecule has 0 bridgehead atoms. The number of hydrogen-bond acceptors (Lipinski definition) is 3. The Hall–Kier alpha value is -2.16. The third-order valence-corrected chi connectivity index (χ3v) is 4.71. The smallest absolute Gasteiger partial charge is 0.121 e. The van der Waals surface area contributed by atoms with Gasteiger partial charge < -0.3 is 14.8 Å². The van der Waals surface area contributed by atoms with Crippen LogP contribution in [0.2, 0.25) is 0 Å². The number of unbranched alkanes of at least 4 members (excludes halogenated alkanes) is 4. The molecule has 3 heteroatoms. The summed E-state index contributed by atoms with van der Waals surface area (Å²) in [6.07, 6.45) is 7.36. The van der Waals surface area contributed by atoms with Gasteiger partial charge in [-0.25, -0.2) is 0 Å².